The lowest BCUT2D eigenvalue weighted by atomic mass is 9.93. The molecule has 0 spiro atoms. The highest BCUT2D eigenvalue weighted by molar-refractivity contribution is 7.86. The van der Waals surface area contributed by atoms with Crippen LogP contribution in [0.4, 0.5) is 5.69 Å². The maximum atomic E-state index is 13.3. The van der Waals surface area contributed by atoms with E-state index in [1.54, 1.807) is 48.5 Å². The number of carbonyl (C=O) groups is 3. The summed E-state index contributed by atoms with van der Waals surface area (Å²) in [5, 5.41) is 13.2. The summed E-state index contributed by atoms with van der Waals surface area (Å²) in [6.07, 6.45) is 5.11. The third-order valence-corrected chi connectivity index (χ3v) is 7.12. The first kappa shape index (κ1) is 28.5. The number of amides is 2. The highest BCUT2D eigenvalue weighted by Gasteiger charge is 2.24. The number of amidine groups is 1. The van der Waals surface area contributed by atoms with Gasteiger partial charge in [-0.1, -0.05) is 37.1 Å². The van der Waals surface area contributed by atoms with Crippen molar-refractivity contribution < 1.29 is 27.0 Å². The molecule has 4 rings (SSSR count). The number of anilines is 1. The summed E-state index contributed by atoms with van der Waals surface area (Å²) in [5.41, 5.74) is 7.18. The maximum absolute atomic E-state index is 13.3. The SMILES string of the molecule is CS(=O)(=O)OC(=O)c1cc(C(=O)NCC2CCCC2)ccc1-c1ccccc1C(=O)Nc1ccc(C(=N)N)cc1. The van der Waals surface area contributed by atoms with Crippen LogP contribution in [0, 0.1) is 11.3 Å². The van der Waals surface area contributed by atoms with Crippen molar-refractivity contribution in [2.75, 3.05) is 18.1 Å². The fraction of sp³-hybridized carbons (Fsp3) is 0.241. The number of nitrogens with one attached hydrogen (secondary N) is 3. The molecular weight excluding hydrogens is 532 g/mol. The zero-order chi connectivity index (χ0) is 28.9. The first-order chi connectivity index (χ1) is 19.0. The standard InChI is InChI=1S/C29H30N4O6S/c1-40(37,38)39-29(36)25-16-20(27(34)32-17-18-6-2-3-7-18)12-15-23(25)22-8-4-5-9-24(22)28(35)33-21-13-10-19(11-14-21)26(30)31/h4-5,8-16,18H,2-3,6-7,17H2,1H3,(H3,30,31)(H,32,34)(H,33,35). The molecule has 3 aromatic rings. The first-order valence-electron chi connectivity index (χ1n) is 12.7. The van der Waals surface area contributed by atoms with E-state index in [-0.39, 0.29) is 28.1 Å². The summed E-state index contributed by atoms with van der Waals surface area (Å²) >= 11 is 0. The largest absolute Gasteiger partial charge is 0.384 e. The molecule has 0 heterocycles. The Bertz CT molecular complexity index is 1560. The molecule has 11 heteroatoms. The first-order valence-corrected chi connectivity index (χ1v) is 14.5. The molecule has 0 radical (unpaired) electrons. The van der Waals surface area contributed by atoms with Gasteiger partial charge in [0.05, 0.1) is 11.8 Å². The molecule has 0 bridgehead atoms. The van der Waals surface area contributed by atoms with Gasteiger partial charge in [0.2, 0.25) is 0 Å². The Balaban J connectivity index is 1.67. The van der Waals surface area contributed by atoms with Gasteiger partial charge < -0.3 is 20.6 Å². The van der Waals surface area contributed by atoms with Crippen molar-refractivity contribution in [3.8, 4) is 11.1 Å². The number of carbonyl (C=O) groups excluding carboxylic acids is 3. The zero-order valence-corrected chi connectivity index (χ0v) is 22.7. The second kappa shape index (κ2) is 12.1. The lowest BCUT2D eigenvalue weighted by molar-refractivity contribution is 0.0748. The van der Waals surface area contributed by atoms with Crippen LogP contribution >= 0.6 is 0 Å². The van der Waals surface area contributed by atoms with E-state index in [1.807, 2.05) is 0 Å². The third-order valence-electron chi connectivity index (χ3n) is 6.67. The van der Waals surface area contributed by atoms with E-state index in [1.165, 1.54) is 18.2 Å². The molecule has 1 saturated carbocycles. The van der Waals surface area contributed by atoms with E-state index in [4.69, 9.17) is 11.1 Å². The maximum Gasteiger partial charge on any atom is 0.354 e. The van der Waals surface area contributed by atoms with E-state index in [2.05, 4.69) is 14.8 Å². The number of hydrogen-bond acceptors (Lipinski definition) is 7. The van der Waals surface area contributed by atoms with Crippen molar-refractivity contribution >= 4 is 39.4 Å². The van der Waals surface area contributed by atoms with Gasteiger partial charge in [-0.25, -0.2) is 4.79 Å². The number of nitrogens with two attached hydrogens (primary N) is 1. The molecule has 0 aromatic heterocycles. The van der Waals surface area contributed by atoms with Gasteiger partial charge in [0.15, 0.2) is 0 Å². The third kappa shape index (κ3) is 7.11. The van der Waals surface area contributed by atoms with Gasteiger partial charge in [-0.3, -0.25) is 15.0 Å². The molecule has 1 aliphatic carbocycles. The molecule has 40 heavy (non-hydrogen) atoms. The predicted molar refractivity (Wildman–Crippen MR) is 152 cm³/mol. The molecule has 10 nitrogen and oxygen atoms in total. The smallest absolute Gasteiger partial charge is 0.354 e. The minimum absolute atomic E-state index is 0.104. The molecule has 1 fully saturated rings. The van der Waals surface area contributed by atoms with E-state index in [9.17, 15) is 22.8 Å². The van der Waals surface area contributed by atoms with Crippen molar-refractivity contribution in [1.82, 2.24) is 5.32 Å². The second-order valence-electron chi connectivity index (χ2n) is 9.69. The van der Waals surface area contributed by atoms with Crippen LogP contribution in [-0.4, -0.2) is 44.8 Å². The summed E-state index contributed by atoms with van der Waals surface area (Å²) in [6, 6.07) is 17.2. The number of benzene rings is 3. The van der Waals surface area contributed by atoms with E-state index >= 15 is 0 Å². The Hall–Kier alpha value is -4.51. The number of rotatable bonds is 9. The fourth-order valence-corrected chi connectivity index (χ4v) is 5.04. The number of nitrogen functional groups attached to an aromatic ring is 1. The van der Waals surface area contributed by atoms with Crippen LogP contribution in [0.25, 0.3) is 11.1 Å². The molecule has 208 valence electrons. The summed E-state index contributed by atoms with van der Waals surface area (Å²) < 4.78 is 28.2. The molecule has 0 saturated heterocycles. The van der Waals surface area contributed by atoms with Crippen molar-refractivity contribution in [2.45, 2.75) is 25.7 Å². The van der Waals surface area contributed by atoms with Crippen LogP contribution in [0.1, 0.15) is 62.3 Å². The lowest BCUT2D eigenvalue weighted by Crippen LogP contribution is -2.28. The summed E-state index contributed by atoms with van der Waals surface area (Å²) in [4.78, 5) is 39.2. The van der Waals surface area contributed by atoms with E-state index in [0.29, 0.717) is 29.3 Å². The van der Waals surface area contributed by atoms with Crippen molar-refractivity contribution in [2.24, 2.45) is 11.7 Å². The summed E-state index contributed by atoms with van der Waals surface area (Å²) in [6.45, 7) is 0.514. The molecule has 2 amide bonds. The Kier molecular flexibility index (Phi) is 8.64. The van der Waals surface area contributed by atoms with Crippen molar-refractivity contribution in [3.05, 3.63) is 89.0 Å². The van der Waals surface area contributed by atoms with E-state index in [0.717, 1.165) is 31.9 Å². The Morgan fingerprint density at radius 2 is 1.52 bits per heavy atom. The minimum Gasteiger partial charge on any atom is -0.384 e. The second-order valence-corrected chi connectivity index (χ2v) is 11.3. The Morgan fingerprint density at radius 1 is 0.900 bits per heavy atom. The van der Waals surface area contributed by atoms with Gasteiger partial charge >= 0.3 is 16.1 Å². The van der Waals surface area contributed by atoms with Crippen LogP contribution in [0.15, 0.2) is 66.7 Å². The van der Waals surface area contributed by atoms with Gasteiger partial charge in [-0.2, -0.15) is 8.42 Å². The number of hydrogen-bond donors (Lipinski definition) is 4. The zero-order valence-electron chi connectivity index (χ0n) is 21.9. The van der Waals surface area contributed by atoms with Crippen LogP contribution in [-0.2, 0) is 14.3 Å². The molecule has 5 N–H and O–H groups in total. The molecule has 1 aliphatic rings. The van der Waals surface area contributed by atoms with Crippen LogP contribution in [0.5, 0.6) is 0 Å². The summed E-state index contributed by atoms with van der Waals surface area (Å²) in [7, 11) is -4.16. The molecule has 0 unspecified atom stereocenters. The van der Waals surface area contributed by atoms with Gasteiger partial charge in [0.1, 0.15) is 5.84 Å². The topological polar surface area (TPSA) is 169 Å². The molecule has 0 atom stereocenters. The molecule has 3 aromatic carbocycles. The van der Waals surface area contributed by atoms with E-state index < -0.39 is 27.9 Å². The normalized spacial score (nSPS) is 13.4. The average molecular weight is 563 g/mol. The van der Waals surface area contributed by atoms with Crippen LogP contribution in [0.3, 0.4) is 0 Å². The predicted octanol–water partition coefficient (Wildman–Crippen LogP) is 3.93. The van der Waals surface area contributed by atoms with Gasteiger partial charge in [-0.15, -0.1) is 0 Å². The van der Waals surface area contributed by atoms with Gasteiger partial charge in [0.25, 0.3) is 11.8 Å². The van der Waals surface area contributed by atoms with Crippen LogP contribution < -0.4 is 16.4 Å². The highest BCUT2D eigenvalue weighted by Crippen LogP contribution is 2.30. The highest BCUT2D eigenvalue weighted by atomic mass is 32.2. The van der Waals surface area contributed by atoms with Crippen molar-refractivity contribution in [3.63, 3.8) is 0 Å². The Labute approximate surface area is 232 Å². The van der Waals surface area contributed by atoms with Crippen LogP contribution in [0.2, 0.25) is 0 Å². The molecule has 0 aliphatic heterocycles. The van der Waals surface area contributed by atoms with Gasteiger partial charge in [-0.05, 0) is 72.4 Å². The quantitative estimate of drug-likeness (QED) is 0.174. The average Bonchev–Trinajstić information content (AvgIpc) is 3.44. The Morgan fingerprint density at radius 3 is 2.17 bits per heavy atom. The molecular formula is C29H30N4O6S. The van der Waals surface area contributed by atoms with Crippen molar-refractivity contribution in [1.29, 1.82) is 5.41 Å². The van der Waals surface area contributed by atoms with Gasteiger partial charge in [0, 0.05) is 28.9 Å². The minimum atomic E-state index is -4.16. The lowest BCUT2D eigenvalue weighted by Gasteiger charge is -2.15. The fourth-order valence-electron chi connectivity index (χ4n) is 4.67. The summed E-state index contributed by atoms with van der Waals surface area (Å²) in [5.74, 6) is -1.76. The monoisotopic (exact) mass is 562 g/mol.